The Morgan fingerprint density at radius 1 is 1.11 bits per heavy atom. The Morgan fingerprint density at radius 2 is 1.94 bits per heavy atom. The van der Waals surface area contributed by atoms with Crippen LogP contribution in [0.25, 0.3) is 16.6 Å². The number of hydrogen-bond acceptors (Lipinski definition) is 2. The molecular formula is C14H11FN2O. The minimum atomic E-state index is -0.393. The van der Waals surface area contributed by atoms with Crippen LogP contribution in [0.5, 0.6) is 0 Å². The van der Waals surface area contributed by atoms with Crippen molar-refractivity contribution in [3.05, 3.63) is 60.0 Å². The van der Waals surface area contributed by atoms with Crippen molar-refractivity contribution in [1.82, 2.24) is 9.78 Å². The van der Waals surface area contributed by atoms with E-state index in [0.717, 1.165) is 10.9 Å². The van der Waals surface area contributed by atoms with Crippen molar-refractivity contribution in [3.63, 3.8) is 0 Å². The highest BCUT2D eigenvalue weighted by Crippen LogP contribution is 2.23. The van der Waals surface area contributed by atoms with Crippen molar-refractivity contribution in [2.75, 3.05) is 0 Å². The largest absolute Gasteiger partial charge is 0.392 e. The Kier molecular flexibility index (Phi) is 2.57. The summed E-state index contributed by atoms with van der Waals surface area (Å²) in [4.78, 5) is 0. The van der Waals surface area contributed by atoms with Gasteiger partial charge in [0, 0.05) is 10.9 Å². The quantitative estimate of drug-likeness (QED) is 0.750. The molecule has 18 heavy (non-hydrogen) atoms. The molecule has 0 radical (unpaired) electrons. The summed E-state index contributed by atoms with van der Waals surface area (Å²) in [6.07, 6.45) is 1.68. The van der Waals surface area contributed by atoms with Crippen molar-refractivity contribution in [3.8, 4) is 5.69 Å². The molecule has 0 aliphatic rings. The lowest BCUT2D eigenvalue weighted by molar-refractivity contribution is 0.280. The van der Waals surface area contributed by atoms with Crippen molar-refractivity contribution >= 4 is 10.9 Å². The molecular weight excluding hydrogens is 231 g/mol. The first kappa shape index (κ1) is 10.9. The predicted molar refractivity (Wildman–Crippen MR) is 67.0 cm³/mol. The number of aliphatic hydroxyl groups is 1. The minimum absolute atomic E-state index is 0.221. The molecule has 0 atom stereocenters. The number of rotatable bonds is 2. The van der Waals surface area contributed by atoms with Gasteiger partial charge in [0.1, 0.15) is 11.5 Å². The maximum atomic E-state index is 14.0. The fourth-order valence-corrected chi connectivity index (χ4v) is 2.07. The highest BCUT2D eigenvalue weighted by molar-refractivity contribution is 5.80. The van der Waals surface area contributed by atoms with Crippen LogP contribution in [0.1, 0.15) is 5.56 Å². The van der Waals surface area contributed by atoms with Gasteiger partial charge in [0.2, 0.25) is 0 Å². The molecule has 4 heteroatoms. The molecule has 0 fully saturated rings. The van der Waals surface area contributed by atoms with Crippen LogP contribution >= 0.6 is 0 Å². The van der Waals surface area contributed by atoms with Crippen LogP contribution in [0.4, 0.5) is 4.39 Å². The third-order valence-electron chi connectivity index (χ3n) is 2.93. The van der Waals surface area contributed by atoms with E-state index in [1.807, 2.05) is 24.3 Å². The van der Waals surface area contributed by atoms with E-state index in [0.29, 0.717) is 11.3 Å². The Balaban J connectivity index is 2.33. The van der Waals surface area contributed by atoms with Crippen molar-refractivity contribution in [2.24, 2.45) is 0 Å². The first-order valence-electron chi connectivity index (χ1n) is 5.62. The molecule has 0 saturated heterocycles. The van der Waals surface area contributed by atoms with Gasteiger partial charge in [-0.25, -0.2) is 9.07 Å². The zero-order valence-corrected chi connectivity index (χ0v) is 9.55. The zero-order chi connectivity index (χ0) is 12.5. The molecule has 0 bridgehead atoms. The highest BCUT2D eigenvalue weighted by Gasteiger charge is 2.13. The van der Waals surface area contributed by atoms with Crippen molar-refractivity contribution in [1.29, 1.82) is 0 Å². The lowest BCUT2D eigenvalue weighted by Gasteiger charge is -2.09. The molecule has 90 valence electrons. The van der Waals surface area contributed by atoms with E-state index >= 15 is 0 Å². The van der Waals surface area contributed by atoms with Crippen LogP contribution in [-0.2, 0) is 6.61 Å². The molecule has 3 aromatic rings. The third-order valence-corrected chi connectivity index (χ3v) is 2.93. The normalized spacial score (nSPS) is 11.0. The third kappa shape index (κ3) is 1.58. The smallest absolute Gasteiger partial charge is 0.149 e. The van der Waals surface area contributed by atoms with Gasteiger partial charge in [0.05, 0.1) is 18.3 Å². The Labute approximate surface area is 103 Å². The first-order chi connectivity index (χ1) is 8.81. The Hall–Kier alpha value is -2.20. The number of aliphatic hydroxyl groups excluding tert-OH is 1. The van der Waals surface area contributed by atoms with Crippen LogP contribution < -0.4 is 0 Å². The predicted octanol–water partition coefficient (Wildman–Crippen LogP) is 2.66. The zero-order valence-electron chi connectivity index (χ0n) is 9.55. The first-order valence-corrected chi connectivity index (χ1v) is 5.62. The average molecular weight is 242 g/mol. The SMILES string of the molecule is OCc1cccc(F)c1-n1ncc2ccccc21. The molecule has 0 spiro atoms. The molecule has 0 amide bonds. The highest BCUT2D eigenvalue weighted by atomic mass is 19.1. The van der Waals surface area contributed by atoms with E-state index in [2.05, 4.69) is 5.10 Å². The van der Waals surface area contributed by atoms with Crippen LogP contribution in [0.2, 0.25) is 0 Å². The summed E-state index contributed by atoms with van der Waals surface area (Å²) in [5.41, 5.74) is 1.64. The van der Waals surface area contributed by atoms with Gasteiger partial charge in [-0.3, -0.25) is 0 Å². The van der Waals surface area contributed by atoms with Gasteiger partial charge in [0.15, 0.2) is 0 Å². The van der Waals surface area contributed by atoms with Gasteiger partial charge >= 0.3 is 0 Å². The minimum Gasteiger partial charge on any atom is -0.392 e. The number of para-hydroxylation sites is 2. The number of halogens is 1. The van der Waals surface area contributed by atoms with Crippen LogP contribution in [0.15, 0.2) is 48.7 Å². The molecule has 1 N–H and O–H groups in total. The molecule has 0 unspecified atom stereocenters. The van der Waals surface area contributed by atoms with Crippen molar-refractivity contribution < 1.29 is 9.50 Å². The molecule has 1 aromatic heterocycles. The standard InChI is InChI=1S/C14H11FN2O/c15-12-6-3-5-11(9-18)14(12)17-13-7-2-1-4-10(13)8-16-17/h1-8,18H,9H2. The summed E-state index contributed by atoms with van der Waals surface area (Å²) in [6, 6.07) is 12.2. The van der Waals surface area contributed by atoms with E-state index in [1.165, 1.54) is 10.7 Å². The molecule has 3 rings (SSSR count). The van der Waals surface area contributed by atoms with Crippen LogP contribution in [0.3, 0.4) is 0 Å². The monoisotopic (exact) mass is 242 g/mol. The second-order valence-electron chi connectivity index (χ2n) is 4.02. The van der Waals surface area contributed by atoms with Gasteiger partial charge in [-0.1, -0.05) is 30.3 Å². The van der Waals surface area contributed by atoms with E-state index < -0.39 is 5.82 Å². The second kappa shape index (κ2) is 4.23. The van der Waals surface area contributed by atoms with Gasteiger partial charge in [-0.2, -0.15) is 5.10 Å². The van der Waals surface area contributed by atoms with Crippen LogP contribution in [0, 0.1) is 5.82 Å². The lowest BCUT2D eigenvalue weighted by atomic mass is 10.1. The number of nitrogens with zero attached hydrogens (tertiary/aromatic N) is 2. The molecule has 0 aliphatic carbocycles. The van der Waals surface area contributed by atoms with E-state index in [1.54, 1.807) is 18.3 Å². The number of hydrogen-bond donors (Lipinski definition) is 1. The molecule has 2 aromatic carbocycles. The maximum Gasteiger partial charge on any atom is 0.149 e. The number of benzene rings is 2. The summed E-state index contributed by atoms with van der Waals surface area (Å²) in [5, 5.41) is 14.4. The van der Waals surface area contributed by atoms with Gasteiger partial charge < -0.3 is 5.11 Å². The van der Waals surface area contributed by atoms with E-state index in [9.17, 15) is 9.50 Å². The summed E-state index contributed by atoms with van der Waals surface area (Å²) < 4.78 is 15.5. The Morgan fingerprint density at radius 3 is 2.78 bits per heavy atom. The van der Waals surface area contributed by atoms with Gasteiger partial charge in [-0.05, 0) is 12.1 Å². The van der Waals surface area contributed by atoms with Crippen molar-refractivity contribution in [2.45, 2.75) is 6.61 Å². The molecule has 0 aliphatic heterocycles. The molecule has 3 nitrogen and oxygen atoms in total. The van der Waals surface area contributed by atoms with E-state index in [4.69, 9.17) is 0 Å². The topological polar surface area (TPSA) is 38.0 Å². The second-order valence-corrected chi connectivity index (χ2v) is 4.02. The lowest BCUT2D eigenvalue weighted by Crippen LogP contribution is -2.04. The summed E-state index contributed by atoms with van der Waals surface area (Å²) in [7, 11) is 0. The average Bonchev–Trinajstić information content (AvgIpc) is 2.82. The fraction of sp³-hybridized carbons (Fsp3) is 0.0714. The van der Waals surface area contributed by atoms with E-state index in [-0.39, 0.29) is 6.61 Å². The Bertz CT molecular complexity index is 706. The number of fused-ring (bicyclic) bond motifs is 1. The maximum absolute atomic E-state index is 14.0. The number of aromatic nitrogens is 2. The van der Waals surface area contributed by atoms with Gasteiger partial charge in [-0.15, -0.1) is 0 Å². The van der Waals surface area contributed by atoms with Crippen LogP contribution in [-0.4, -0.2) is 14.9 Å². The van der Waals surface area contributed by atoms with Gasteiger partial charge in [0.25, 0.3) is 0 Å². The molecule has 1 heterocycles. The summed E-state index contributed by atoms with van der Waals surface area (Å²) in [5.74, 6) is -0.393. The molecule has 0 saturated carbocycles. The summed E-state index contributed by atoms with van der Waals surface area (Å²) >= 11 is 0. The fourth-order valence-electron chi connectivity index (χ4n) is 2.07. The summed E-state index contributed by atoms with van der Waals surface area (Å²) in [6.45, 7) is -0.221.